The average Bonchev–Trinajstić information content (AvgIpc) is 2.54. The van der Waals surface area contributed by atoms with Gasteiger partial charge in [0.05, 0.1) is 5.69 Å². The topological polar surface area (TPSA) is 20.3 Å². The molecule has 0 spiro atoms. The van der Waals surface area contributed by atoms with Gasteiger partial charge in [0.15, 0.2) is 5.78 Å². The molecule has 2 aromatic carbocycles. The minimum absolute atomic E-state index is 0.209. The highest BCUT2D eigenvalue weighted by atomic mass is 16.1. The van der Waals surface area contributed by atoms with Crippen LogP contribution in [0.5, 0.6) is 0 Å². The van der Waals surface area contributed by atoms with Gasteiger partial charge in [-0.3, -0.25) is 4.79 Å². The summed E-state index contributed by atoms with van der Waals surface area (Å²) in [7, 11) is 0. The Morgan fingerprint density at radius 3 is 2.52 bits per heavy atom. The quantitative estimate of drug-likeness (QED) is 0.755. The normalized spacial score (nSPS) is 17.4. The molecular weight excluding hydrogens is 258 g/mol. The first-order valence-corrected chi connectivity index (χ1v) is 7.71. The summed E-state index contributed by atoms with van der Waals surface area (Å²) in [6.45, 7) is 4.16. The third kappa shape index (κ3) is 2.46. The molecule has 1 aliphatic rings. The van der Waals surface area contributed by atoms with E-state index in [4.69, 9.17) is 0 Å². The van der Waals surface area contributed by atoms with Gasteiger partial charge in [-0.2, -0.15) is 0 Å². The number of fused-ring (bicyclic) bond motifs is 1. The summed E-state index contributed by atoms with van der Waals surface area (Å²) in [5, 5.41) is 0. The third-order valence-corrected chi connectivity index (χ3v) is 4.31. The van der Waals surface area contributed by atoms with Crippen LogP contribution in [0, 0.1) is 0 Å². The Morgan fingerprint density at radius 2 is 1.76 bits per heavy atom. The lowest BCUT2D eigenvalue weighted by Gasteiger charge is -2.38. The number of carbonyl (C=O) groups is 1. The second-order valence-corrected chi connectivity index (χ2v) is 5.68. The van der Waals surface area contributed by atoms with Gasteiger partial charge in [-0.05, 0) is 43.5 Å². The number of rotatable bonds is 3. The van der Waals surface area contributed by atoms with Crippen molar-refractivity contribution in [1.29, 1.82) is 0 Å². The van der Waals surface area contributed by atoms with E-state index in [0.29, 0.717) is 12.5 Å². The van der Waals surface area contributed by atoms with Crippen LogP contribution in [0.2, 0.25) is 0 Å². The van der Waals surface area contributed by atoms with E-state index in [-0.39, 0.29) is 5.78 Å². The van der Waals surface area contributed by atoms with Crippen molar-refractivity contribution in [3.05, 3.63) is 59.7 Å². The molecule has 0 amide bonds. The number of para-hydroxylation sites is 2. The summed E-state index contributed by atoms with van der Waals surface area (Å²) in [4.78, 5) is 14.6. The number of hydrogen-bond donors (Lipinski definition) is 0. The van der Waals surface area contributed by atoms with E-state index in [1.807, 2.05) is 25.1 Å². The highest BCUT2D eigenvalue weighted by Crippen LogP contribution is 2.38. The van der Waals surface area contributed by atoms with Crippen LogP contribution in [0.4, 0.5) is 11.4 Å². The molecule has 0 saturated heterocycles. The van der Waals surface area contributed by atoms with Crippen LogP contribution in [0.3, 0.4) is 0 Å². The van der Waals surface area contributed by atoms with Crippen molar-refractivity contribution in [3.8, 4) is 0 Å². The predicted octanol–water partition coefficient (Wildman–Crippen LogP) is 4.75. The Balaban J connectivity index is 2.14. The lowest BCUT2D eigenvalue weighted by molar-refractivity contribution is 0.0988. The van der Waals surface area contributed by atoms with E-state index in [2.05, 4.69) is 42.2 Å². The molecule has 21 heavy (non-hydrogen) atoms. The van der Waals surface area contributed by atoms with Crippen LogP contribution in [0.1, 0.15) is 42.6 Å². The average molecular weight is 279 g/mol. The Kier molecular flexibility index (Phi) is 3.78. The minimum Gasteiger partial charge on any atom is -0.338 e. The predicted molar refractivity (Wildman–Crippen MR) is 87.4 cm³/mol. The fraction of sp³-hybridized carbons (Fsp3) is 0.316. The van der Waals surface area contributed by atoms with Gasteiger partial charge >= 0.3 is 0 Å². The molecule has 0 bridgehead atoms. The molecule has 0 N–H and O–H groups in total. The van der Waals surface area contributed by atoms with Crippen molar-refractivity contribution < 1.29 is 4.79 Å². The molecule has 1 atom stereocenters. The van der Waals surface area contributed by atoms with Gasteiger partial charge < -0.3 is 4.90 Å². The van der Waals surface area contributed by atoms with Gasteiger partial charge in [-0.25, -0.2) is 0 Å². The van der Waals surface area contributed by atoms with Crippen LogP contribution < -0.4 is 4.90 Å². The molecular formula is C19H21NO. The van der Waals surface area contributed by atoms with Crippen LogP contribution in [0.15, 0.2) is 48.5 Å². The largest absolute Gasteiger partial charge is 0.338 e. The van der Waals surface area contributed by atoms with Crippen molar-refractivity contribution in [1.82, 2.24) is 0 Å². The van der Waals surface area contributed by atoms with Gasteiger partial charge in [0, 0.05) is 23.7 Å². The first kappa shape index (κ1) is 13.9. The highest BCUT2D eigenvalue weighted by molar-refractivity contribution is 6.02. The van der Waals surface area contributed by atoms with Crippen LogP contribution in [-0.4, -0.2) is 11.8 Å². The molecule has 0 aromatic heterocycles. The van der Waals surface area contributed by atoms with Crippen molar-refractivity contribution in [2.75, 3.05) is 4.90 Å². The maximum absolute atomic E-state index is 12.3. The smallest absolute Gasteiger partial charge is 0.164 e. The summed E-state index contributed by atoms with van der Waals surface area (Å²) in [5.74, 6) is 0.209. The standard InChI is InChI=1S/C19H21NO/c1-3-19(21)16-9-5-7-11-18(16)20-14(2)12-13-15-8-4-6-10-17(15)20/h4-11,14H,3,12-13H2,1-2H3. The van der Waals surface area contributed by atoms with E-state index in [1.165, 1.54) is 11.3 Å². The number of aryl methyl sites for hydroxylation is 1. The van der Waals surface area contributed by atoms with E-state index in [0.717, 1.165) is 24.1 Å². The SMILES string of the molecule is CCC(=O)c1ccccc1N1c2ccccc2CCC1C. The molecule has 2 heteroatoms. The number of carbonyl (C=O) groups excluding carboxylic acids is 1. The van der Waals surface area contributed by atoms with Crippen LogP contribution in [0.25, 0.3) is 0 Å². The zero-order valence-corrected chi connectivity index (χ0v) is 12.7. The second-order valence-electron chi connectivity index (χ2n) is 5.68. The number of ketones is 1. The van der Waals surface area contributed by atoms with E-state index in [1.54, 1.807) is 0 Å². The van der Waals surface area contributed by atoms with E-state index < -0.39 is 0 Å². The second kappa shape index (κ2) is 5.72. The maximum Gasteiger partial charge on any atom is 0.164 e. The highest BCUT2D eigenvalue weighted by Gasteiger charge is 2.26. The van der Waals surface area contributed by atoms with Crippen molar-refractivity contribution in [3.63, 3.8) is 0 Å². The van der Waals surface area contributed by atoms with E-state index >= 15 is 0 Å². The molecule has 0 fully saturated rings. The van der Waals surface area contributed by atoms with Crippen molar-refractivity contribution in [2.45, 2.75) is 39.2 Å². The minimum atomic E-state index is 0.209. The molecule has 1 heterocycles. The summed E-state index contributed by atoms with van der Waals surface area (Å²) in [6.07, 6.45) is 2.77. The summed E-state index contributed by atoms with van der Waals surface area (Å²) >= 11 is 0. The van der Waals surface area contributed by atoms with Crippen LogP contribution >= 0.6 is 0 Å². The van der Waals surface area contributed by atoms with Gasteiger partial charge in [0.25, 0.3) is 0 Å². The molecule has 0 radical (unpaired) electrons. The molecule has 2 nitrogen and oxygen atoms in total. The molecule has 2 aromatic rings. The van der Waals surface area contributed by atoms with Crippen LogP contribution in [-0.2, 0) is 6.42 Å². The molecule has 108 valence electrons. The summed E-state index contributed by atoms with van der Waals surface area (Å²) in [5.41, 5.74) is 4.49. The van der Waals surface area contributed by atoms with E-state index in [9.17, 15) is 4.79 Å². The van der Waals surface area contributed by atoms with Crippen molar-refractivity contribution in [2.24, 2.45) is 0 Å². The zero-order valence-electron chi connectivity index (χ0n) is 12.7. The number of benzene rings is 2. The van der Waals surface area contributed by atoms with Gasteiger partial charge in [-0.15, -0.1) is 0 Å². The zero-order chi connectivity index (χ0) is 14.8. The molecule has 1 aliphatic heterocycles. The summed E-state index contributed by atoms with van der Waals surface area (Å²) in [6, 6.07) is 16.9. The lowest BCUT2D eigenvalue weighted by Crippen LogP contribution is -2.34. The van der Waals surface area contributed by atoms with Gasteiger partial charge in [0.1, 0.15) is 0 Å². The molecule has 3 rings (SSSR count). The Bertz CT molecular complexity index is 662. The number of anilines is 2. The number of Topliss-reactive ketones (excluding diaryl/α,β-unsaturated/α-hetero) is 1. The fourth-order valence-electron chi connectivity index (χ4n) is 3.17. The number of nitrogens with zero attached hydrogens (tertiary/aromatic N) is 1. The Hall–Kier alpha value is -2.09. The van der Waals surface area contributed by atoms with Gasteiger partial charge in [0.2, 0.25) is 0 Å². The first-order chi connectivity index (χ1) is 10.2. The summed E-state index contributed by atoms with van der Waals surface area (Å²) < 4.78 is 0. The fourth-order valence-corrected chi connectivity index (χ4v) is 3.17. The first-order valence-electron chi connectivity index (χ1n) is 7.71. The number of hydrogen-bond acceptors (Lipinski definition) is 2. The Labute approximate surface area is 126 Å². The monoisotopic (exact) mass is 279 g/mol. The maximum atomic E-state index is 12.3. The Morgan fingerprint density at radius 1 is 1.10 bits per heavy atom. The third-order valence-electron chi connectivity index (χ3n) is 4.31. The van der Waals surface area contributed by atoms with Crippen molar-refractivity contribution >= 4 is 17.2 Å². The van der Waals surface area contributed by atoms with Gasteiger partial charge in [-0.1, -0.05) is 37.3 Å². The molecule has 0 aliphatic carbocycles. The molecule has 1 unspecified atom stereocenters. The lowest BCUT2D eigenvalue weighted by atomic mass is 9.94. The molecule has 0 saturated carbocycles.